The van der Waals surface area contributed by atoms with Crippen molar-refractivity contribution in [1.29, 1.82) is 0 Å². The molecule has 0 aliphatic rings. The van der Waals surface area contributed by atoms with Crippen molar-refractivity contribution in [1.82, 2.24) is 5.32 Å². The van der Waals surface area contributed by atoms with E-state index in [2.05, 4.69) is 10.6 Å². The van der Waals surface area contributed by atoms with Crippen molar-refractivity contribution in [3.8, 4) is 0 Å². The summed E-state index contributed by atoms with van der Waals surface area (Å²) in [6.07, 6.45) is 0.871. The summed E-state index contributed by atoms with van der Waals surface area (Å²) in [7, 11) is 0. The van der Waals surface area contributed by atoms with Crippen molar-refractivity contribution < 1.29 is 9.59 Å². The highest BCUT2D eigenvalue weighted by molar-refractivity contribution is 6.05. The van der Waals surface area contributed by atoms with Crippen LogP contribution in [0.1, 0.15) is 46.5 Å². The molecule has 0 saturated carbocycles. The lowest BCUT2D eigenvalue weighted by Crippen LogP contribution is -2.31. The summed E-state index contributed by atoms with van der Waals surface area (Å²) in [6.45, 7) is 5.92. The maximum atomic E-state index is 12.3. The zero-order valence-electron chi connectivity index (χ0n) is 13.7. The van der Waals surface area contributed by atoms with Gasteiger partial charge in [-0.25, -0.2) is 0 Å². The van der Waals surface area contributed by atoms with E-state index in [0.29, 0.717) is 16.8 Å². The molecule has 0 fully saturated rings. The van der Waals surface area contributed by atoms with Crippen molar-refractivity contribution in [2.75, 3.05) is 5.32 Å². The number of hydrogen-bond donors (Lipinski definition) is 2. The first-order valence-corrected chi connectivity index (χ1v) is 7.78. The Hall–Kier alpha value is -2.62. The van der Waals surface area contributed by atoms with Crippen molar-refractivity contribution in [2.24, 2.45) is 0 Å². The molecule has 1 atom stereocenters. The topological polar surface area (TPSA) is 58.2 Å². The lowest BCUT2D eigenvalue weighted by atomic mass is 10.1. The Bertz CT molecular complexity index is 710. The van der Waals surface area contributed by atoms with E-state index in [4.69, 9.17) is 0 Å². The van der Waals surface area contributed by atoms with Gasteiger partial charge < -0.3 is 10.6 Å². The van der Waals surface area contributed by atoms with Gasteiger partial charge in [0.2, 0.25) is 0 Å². The van der Waals surface area contributed by atoms with Gasteiger partial charge in [0, 0.05) is 22.9 Å². The standard InChI is InChI=1S/C19H22N2O2/c1-4-14(3)20-18(22)16-9-6-10-17(12-16)21-19(23)15-8-5-7-13(2)11-15/h5-12,14H,4H2,1-3H3,(H,20,22)(H,21,23)/t14-/m1/s1. The van der Waals surface area contributed by atoms with Crippen LogP contribution in [-0.2, 0) is 0 Å². The van der Waals surface area contributed by atoms with E-state index in [9.17, 15) is 9.59 Å². The van der Waals surface area contributed by atoms with E-state index >= 15 is 0 Å². The predicted molar refractivity (Wildman–Crippen MR) is 92.8 cm³/mol. The van der Waals surface area contributed by atoms with Crippen LogP contribution >= 0.6 is 0 Å². The summed E-state index contributed by atoms with van der Waals surface area (Å²) in [4.78, 5) is 24.4. The van der Waals surface area contributed by atoms with Gasteiger partial charge in [0.25, 0.3) is 11.8 Å². The average molecular weight is 310 g/mol. The van der Waals surface area contributed by atoms with Crippen LogP contribution < -0.4 is 10.6 Å². The quantitative estimate of drug-likeness (QED) is 0.883. The van der Waals surface area contributed by atoms with Gasteiger partial charge in [0.1, 0.15) is 0 Å². The average Bonchev–Trinajstić information content (AvgIpc) is 2.54. The summed E-state index contributed by atoms with van der Waals surface area (Å²) >= 11 is 0. The molecule has 2 aromatic rings. The minimum atomic E-state index is -0.187. The van der Waals surface area contributed by atoms with E-state index in [1.807, 2.05) is 39.0 Å². The number of hydrogen-bond acceptors (Lipinski definition) is 2. The van der Waals surface area contributed by atoms with E-state index in [-0.39, 0.29) is 17.9 Å². The third-order valence-corrected chi connectivity index (χ3v) is 3.65. The van der Waals surface area contributed by atoms with Crippen LogP contribution in [0.25, 0.3) is 0 Å². The molecular formula is C19H22N2O2. The molecule has 4 nitrogen and oxygen atoms in total. The summed E-state index contributed by atoms with van der Waals surface area (Å²) < 4.78 is 0. The van der Waals surface area contributed by atoms with Crippen LogP contribution in [-0.4, -0.2) is 17.9 Å². The monoisotopic (exact) mass is 310 g/mol. The van der Waals surface area contributed by atoms with Gasteiger partial charge in [0.05, 0.1) is 0 Å². The molecule has 2 aromatic carbocycles. The zero-order valence-corrected chi connectivity index (χ0v) is 13.7. The molecule has 0 bridgehead atoms. The second kappa shape index (κ2) is 7.58. The Labute approximate surface area is 136 Å². The molecule has 0 saturated heterocycles. The van der Waals surface area contributed by atoms with Crippen LogP contribution in [0.15, 0.2) is 48.5 Å². The van der Waals surface area contributed by atoms with E-state index in [1.165, 1.54) is 0 Å². The Morgan fingerprint density at radius 1 is 1.00 bits per heavy atom. The number of carbonyl (C=O) groups excluding carboxylic acids is 2. The smallest absolute Gasteiger partial charge is 0.255 e. The van der Waals surface area contributed by atoms with Gasteiger partial charge in [0.15, 0.2) is 0 Å². The van der Waals surface area contributed by atoms with E-state index in [1.54, 1.807) is 30.3 Å². The molecule has 2 rings (SSSR count). The molecule has 0 aliphatic carbocycles. The second-order valence-corrected chi connectivity index (χ2v) is 5.69. The Kier molecular flexibility index (Phi) is 5.52. The highest BCUT2D eigenvalue weighted by Gasteiger charge is 2.11. The molecule has 0 aliphatic heterocycles. The number of benzene rings is 2. The zero-order chi connectivity index (χ0) is 16.8. The fourth-order valence-corrected chi connectivity index (χ4v) is 2.14. The molecule has 0 spiro atoms. The summed E-state index contributed by atoms with van der Waals surface area (Å²) in [5.74, 6) is -0.320. The largest absolute Gasteiger partial charge is 0.350 e. The Morgan fingerprint density at radius 2 is 1.65 bits per heavy atom. The predicted octanol–water partition coefficient (Wildman–Crippen LogP) is 3.78. The SMILES string of the molecule is CC[C@@H](C)NC(=O)c1cccc(NC(=O)c2cccc(C)c2)c1. The third kappa shape index (κ3) is 4.68. The van der Waals surface area contributed by atoms with Crippen LogP contribution in [0, 0.1) is 6.92 Å². The van der Waals surface area contributed by atoms with E-state index < -0.39 is 0 Å². The molecule has 120 valence electrons. The van der Waals surface area contributed by atoms with Crippen molar-refractivity contribution >= 4 is 17.5 Å². The van der Waals surface area contributed by atoms with E-state index in [0.717, 1.165) is 12.0 Å². The first kappa shape index (κ1) is 16.7. The van der Waals surface area contributed by atoms with Crippen molar-refractivity contribution in [3.05, 3.63) is 65.2 Å². The van der Waals surface area contributed by atoms with Gasteiger partial charge >= 0.3 is 0 Å². The summed E-state index contributed by atoms with van der Waals surface area (Å²) in [6, 6.07) is 14.5. The van der Waals surface area contributed by atoms with Gasteiger partial charge in [-0.05, 0) is 50.6 Å². The number of carbonyl (C=O) groups is 2. The molecule has 2 amide bonds. The first-order valence-electron chi connectivity index (χ1n) is 7.78. The number of anilines is 1. The van der Waals surface area contributed by atoms with Gasteiger partial charge in [-0.15, -0.1) is 0 Å². The summed E-state index contributed by atoms with van der Waals surface area (Å²) in [5.41, 5.74) is 2.76. The first-order chi connectivity index (χ1) is 11.0. The molecule has 2 N–H and O–H groups in total. The van der Waals surface area contributed by atoms with Crippen LogP contribution in [0.3, 0.4) is 0 Å². The Morgan fingerprint density at radius 3 is 2.30 bits per heavy atom. The van der Waals surface area contributed by atoms with Crippen LogP contribution in [0.4, 0.5) is 5.69 Å². The highest BCUT2D eigenvalue weighted by Crippen LogP contribution is 2.13. The lowest BCUT2D eigenvalue weighted by Gasteiger charge is -2.12. The molecular weight excluding hydrogens is 288 g/mol. The van der Waals surface area contributed by atoms with Gasteiger partial charge in [-0.2, -0.15) is 0 Å². The minimum absolute atomic E-state index is 0.119. The minimum Gasteiger partial charge on any atom is -0.350 e. The second-order valence-electron chi connectivity index (χ2n) is 5.69. The lowest BCUT2D eigenvalue weighted by molar-refractivity contribution is 0.0938. The van der Waals surface area contributed by atoms with Crippen LogP contribution in [0.2, 0.25) is 0 Å². The molecule has 23 heavy (non-hydrogen) atoms. The van der Waals surface area contributed by atoms with Gasteiger partial charge in [-0.1, -0.05) is 30.7 Å². The van der Waals surface area contributed by atoms with Crippen molar-refractivity contribution in [2.45, 2.75) is 33.2 Å². The maximum Gasteiger partial charge on any atom is 0.255 e. The number of rotatable bonds is 5. The summed E-state index contributed by atoms with van der Waals surface area (Å²) in [5, 5.41) is 5.74. The number of nitrogens with one attached hydrogen (secondary N) is 2. The molecule has 0 unspecified atom stereocenters. The molecule has 0 aromatic heterocycles. The highest BCUT2D eigenvalue weighted by atomic mass is 16.2. The molecule has 0 radical (unpaired) electrons. The fraction of sp³-hybridized carbons (Fsp3) is 0.263. The number of aryl methyl sites for hydroxylation is 1. The van der Waals surface area contributed by atoms with Gasteiger partial charge in [-0.3, -0.25) is 9.59 Å². The van der Waals surface area contributed by atoms with Crippen molar-refractivity contribution in [3.63, 3.8) is 0 Å². The Balaban J connectivity index is 2.11. The third-order valence-electron chi connectivity index (χ3n) is 3.65. The molecule has 0 heterocycles. The van der Waals surface area contributed by atoms with Crippen LogP contribution in [0.5, 0.6) is 0 Å². The normalized spacial score (nSPS) is 11.6. The molecule has 4 heteroatoms. The fourth-order valence-electron chi connectivity index (χ4n) is 2.14. The number of amides is 2. The maximum absolute atomic E-state index is 12.3.